The van der Waals surface area contributed by atoms with Crippen molar-refractivity contribution >= 4 is 23.4 Å². The lowest BCUT2D eigenvalue weighted by molar-refractivity contribution is -0.120. The molecule has 0 aromatic heterocycles. The predicted octanol–water partition coefficient (Wildman–Crippen LogP) is 2.66. The van der Waals surface area contributed by atoms with Gasteiger partial charge in [-0.3, -0.25) is 4.79 Å². The zero-order chi connectivity index (χ0) is 13.0. The van der Waals surface area contributed by atoms with E-state index in [0.717, 1.165) is 37.2 Å². The first-order chi connectivity index (χ1) is 8.72. The van der Waals surface area contributed by atoms with Crippen LogP contribution in [0.25, 0.3) is 0 Å². The van der Waals surface area contributed by atoms with Gasteiger partial charge in [-0.25, -0.2) is 0 Å². The fourth-order valence-corrected chi connectivity index (χ4v) is 2.92. The van der Waals surface area contributed by atoms with Gasteiger partial charge in [0.2, 0.25) is 5.91 Å². The topological polar surface area (TPSA) is 41.1 Å². The van der Waals surface area contributed by atoms with Crippen LogP contribution in [0.1, 0.15) is 18.4 Å². The Bertz CT molecular complexity index is 428. The summed E-state index contributed by atoms with van der Waals surface area (Å²) < 4.78 is 0. The minimum absolute atomic E-state index is 0.156. The number of nitrogens with one attached hydrogen (secondary N) is 2. The maximum absolute atomic E-state index is 12.2. The first-order valence-electron chi connectivity index (χ1n) is 6.37. The Morgan fingerprint density at radius 1 is 1.39 bits per heavy atom. The molecule has 0 spiro atoms. The average molecular weight is 264 g/mol. The molecule has 1 aromatic rings. The van der Waals surface area contributed by atoms with Crippen LogP contribution in [0.15, 0.2) is 23.1 Å². The van der Waals surface area contributed by atoms with Crippen LogP contribution in [0.2, 0.25) is 0 Å². The summed E-state index contributed by atoms with van der Waals surface area (Å²) in [4.78, 5) is 13.4. The number of hydrogen-bond acceptors (Lipinski definition) is 3. The summed E-state index contributed by atoms with van der Waals surface area (Å²) in [5.74, 6) is 0.321. The van der Waals surface area contributed by atoms with E-state index in [1.807, 2.05) is 12.1 Å². The molecule has 18 heavy (non-hydrogen) atoms. The van der Waals surface area contributed by atoms with E-state index in [1.165, 1.54) is 4.90 Å². The maximum atomic E-state index is 12.2. The average Bonchev–Trinajstić information content (AvgIpc) is 2.42. The molecule has 98 valence electrons. The molecule has 0 aliphatic carbocycles. The highest BCUT2D eigenvalue weighted by Gasteiger charge is 2.21. The highest BCUT2D eigenvalue weighted by atomic mass is 32.2. The molecule has 1 aliphatic rings. The van der Waals surface area contributed by atoms with Crippen LogP contribution in [0.4, 0.5) is 5.69 Å². The molecule has 1 saturated heterocycles. The van der Waals surface area contributed by atoms with E-state index in [-0.39, 0.29) is 11.8 Å². The van der Waals surface area contributed by atoms with Gasteiger partial charge in [0.05, 0.1) is 0 Å². The molecule has 0 radical (unpaired) electrons. The second kappa shape index (κ2) is 6.25. The van der Waals surface area contributed by atoms with Crippen molar-refractivity contribution in [2.75, 3.05) is 24.7 Å². The molecule has 0 bridgehead atoms. The summed E-state index contributed by atoms with van der Waals surface area (Å²) in [5.41, 5.74) is 2.11. The first kappa shape index (κ1) is 13.4. The van der Waals surface area contributed by atoms with Crippen LogP contribution in [-0.2, 0) is 4.79 Å². The molecule has 2 rings (SSSR count). The predicted molar refractivity (Wildman–Crippen MR) is 77.2 cm³/mol. The molecule has 0 saturated carbocycles. The Morgan fingerprint density at radius 2 is 2.11 bits per heavy atom. The zero-order valence-corrected chi connectivity index (χ0v) is 11.8. The molecule has 4 heteroatoms. The van der Waals surface area contributed by atoms with E-state index in [0.29, 0.717) is 0 Å². The monoisotopic (exact) mass is 264 g/mol. The molecule has 1 heterocycles. The third-order valence-corrected chi connectivity index (χ3v) is 4.35. The fourth-order valence-electron chi connectivity index (χ4n) is 2.29. The van der Waals surface area contributed by atoms with Gasteiger partial charge in [-0.05, 0) is 56.8 Å². The van der Waals surface area contributed by atoms with Gasteiger partial charge >= 0.3 is 0 Å². The molecule has 0 unspecified atom stereocenters. The minimum Gasteiger partial charge on any atom is -0.326 e. The van der Waals surface area contributed by atoms with Crippen molar-refractivity contribution in [1.29, 1.82) is 0 Å². The first-order valence-corrected chi connectivity index (χ1v) is 7.60. The van der Waals surface area contributed by atoms with Gasteiger partial charge in [-0.2, -0.15) is 0 Å². The summed E-state index contributed by atoms with van der Waals surface area (Å²) in [6.07, 6.45) is 3.93. The summed E-state index contributed by atoms with van der Waals surface area (Å²) in [5, 5.41) is 6.35. The van der Waals surface area contributed by atoms with Crippen molar-refractivity contribution in [3.8, 4) is 0 Å². The molecule has 3 nitrogen and oxygen atoms in total. The number of anilines is 1. The molecular formula is C14H20N2OS. The normalized spacial score (nSPS) is 16.6. The minimum atomic E-state index is 0.156. The molecule has 1 aromatic carbocycles. The SMILES string of the molecule is CSc1cccc(NC(=O)C2CCNCC2)c1C. The zero-order valence-electron chi connectivity index (χ0n) is 11.0. The van der Waals surface area contributed by atoms with Gasteiger partial charge in [0.15, 0.2) is 0 Å². The van der Waals surface area contributed by atoms with Gasteiger partial charge in [0, 0.05) is 16.5 Å². The third-order valence-electron chi connectivity index (χ3n) is 3.47. The van der Waals surface area contributed by atoms with Gasteiger partial charge in [-0.1, -0.05) is 6.07 Å². The van der Waals surface area contributed by atoms with Crippen LogP contribution in [0.5, 0.6) is 0 Å². The Labute approximate surface area is 113 Å². The standard InChI is InChI=1S/C14H20N2OS/c1-10-12(4-3-5-13(10)18-2)16-14(17)11-6-8-15-9-7-11/h3-5,11,15H,6-9H2,1-2H3,(H,16,17). The number of rotatable bonds is 3. The van der Waals surface area contributed by atoms with Crippen LogP contribution in [-0.4, -0.2) is 25.3 Å². The van der Waals surface area contributed by atoms with Crippen LogP contribution < -0.4 is 10.6 Å². The van der Waals surface area contributed by atoms with Crippen molar-refractivity contribution in [3.63, 3.8) is 0 Å². The number of carbonyl (C=O) groups excluding carboxylic acids is 1. The number of amides is 1. The molecule has 1 aliphatic heterocycles. The highest BCUT2D eigenvalue weighted by molar-refractivity contribution is 7.98. The van der Waals surface area contributed by atoms with E-state index >= 15 is 0 Å². The summed E-state index contributed by atoms with van der Waals surface area (Å²) in [7, 11) is 0. The van der Waals surface area contributed by atoms with E-state index in [9.17, 15) is 4.79 Å². The van der Waals surface area contributed by atoms with Gasteiger partial charge < -0.3 is 10.6 Å². The van der Waals surface area contributed by atoms with Crippen molar-refractivity contribution in [2.45, 2.75) is 24.7 Å². The van der Waals surface area contributed by atoms with Crippen molar-refractivity contribution in [3.05, 3.63) is 23.8 Å². The van der Waals surface area contributed by atoms with E-state index < -0.39 is 0 Å². The van der Waals surface area contributed by atoms with E-state index in [2.05, 4.69) is 29.9 Å². The van der Waals surface area contributed by atoms with Gasteiger partial charge in [0.25, 0.3) is 0 Å². The second-order valence-electron chi connectivity index (χ2n) is 4.65. The van der Waals surface area contributed by atoms with E-state index in [4.69, 9.17) is 0 Å². The Kier molecular flexibility index (Phi) is 4.66. The third kappa shape index (κ3) is 3.06. The smallest absolute Gasteiger partial charge is 0.227 e. The number of hydrogen-bond donors (Lipinski definition) is 2. The Morgan fingerprint density at radius 3 is 2.78 bits per heavy atom. The quantitative estimate of drug-likeness (QED) is 0.825. The summed E-state index contributed by atoms with van der Waals surface area (Å²) >= 11 is 1.71. The van der Waals surface area contributed by atoms with Crippen molar-refractivity contribution < 1.29 is 4.79 Å². The lowest BCUT2D eigenvalue weighted by atomic mass is 9.97. The number of piperidine rings is 1. The number of thioether (sulfide) groups is 1. The molecule has 1 fully saturated rings. The largest absolute Gasteiger partial charge is 0.326 e. The molecule has 2 N–H and O–H groups in total. The van der Waals surface area contributed by atoms with Crippen LogP contribution >= 0.6 is 11.8 Å². The fraction of sp³-hybridized carbons (Fsp3) is 0.500. The van der Waals surface area contributed by atoms with Crippen molar-refractivity contribution in [1.82, 2.24) is 5.32 Å². The molecule has 0 atom stereocenters. The Balaban J connectivity index is 2.06. The van der Waals surface area contributed by atoms with Gasteiger partial charge in [0.1, 0.15) is 0 Å². The maximum Gasteiger partial charge on any atom is 0.227 e. The molecular weight excluding hydrogens is 244 g/mol. The van der Waals surface area contributed by atoms with Crippen LogP contribution in [0.3, 0.4) is 0 Å². The highest BCUT2D eigenvalue weighted by Crippen LogP contribution is 2.26. The lowest BCUT2D eigenvalue weighted by Gasteiger charge is -2.22. The summed E-state index contributed by atoms with van der Waals surface area (Å²) in [6, 6.07) is 6.06. The lowest BCUT2D eigenvalue weighted by Crippen LogP contribution is -2.34. The van der Waals surface area contributed by atoms with Crippen LogP contribution in [0, 0.1) is 12.8 Å². The van der Waals surface area contributed by atoms with Gasteiger partial charge in [-0.15, -0.1) is 11.8 Å². The second-order valence-corrected chi connectivity index (χ2v) is 5.49. The number of benzene rings is 1. The van der Waals surface area contributed by atoms with Crippen molar-refractivity contribution in [2.24, 2.45) is 5.92 Å². The summed E-state index contributed by atoms with van der Waals surface area (Å²) in [6.45, 7) is 3.95. The van der Waals surface area contributed by atoms with E-state index in [1.54, 1.807) is 11.8 Å². The number of carbonyl (C=O) groups is 1. The Hall–Kier alpha value is -1.00. The molecule has 1 amide bonds.